The molecular formula is C39H54FNO2. The van der Waals surface area contributed by atoms with E-state index in [4.69, 9.17) is 9.47 Å². The predicted molar refractivity (Wildman–Crippen MR) is 170 cm³/mol. The quantitative estimate of drug-likeness (QED) is 0.308. The van der Waals surface area contributed by atoms with Gasteiger partial charge in [0.1, 0.15) is 5.82 Å². The average Bonchev–Trinajstić information content (AvgIpc) is 3.49. The maximum Gasteiger partial charge on any atom is 0.123 e. The first-order valence-corrected chi connectivity index (χ1v) is 17.7. The number of rotatable bonds is 8. The fraction of sp³-hybridized carbons (Fsp3) is 0.718. The summed E-state index contributed by atoms with van der Waals surface area (Å²) in [6.07, 6.45) is 17.2. The van der Waals surface area contributed by atoms with E-state index in [1.54, 1.807) is 12.1 Å². The van der Waals surface area contributed by atoms with Gasteiger partial charge in [-0.15, -0.1) is 0 Å². The molecule has 1 aromatic carbocycles. The van der Waals surface area contributed by atoms with Gasteiger partial charge in [-0.05, 0) is 153 Å². The molecule has 3 nitrogen and oxygen atoms in total. The van der Waals surface area contributed by atoms with Crippen molar-refractivity contribution in [3.05, 3.63) is 65.7 Å². The van der Waals surface area contributed by atoms with Gasteiger partial charge in [0.2, 0.25) is 0 Å². The SMILES string of the molecule is C[C@@H](CC[C@H]1O[C@H]2C[C@H]3[C@@H]4CC[C@@H]5C[C@@H](OCc6ccc(F)cc6)CC[C@]5(C)[C@H]4CC[C@]3(C)[C@H]2[C@@H]1C)Cc1ccccn1. The van der Waals surface area contributed by atoms with Crippen LogP contribution in [0.25, 0.3) is 0 Å². The van der Waals surface area contributed by atoms with E-state index in [2.05, 4.69) is 44.8 Å². The Kier molecular flexibility index (Phi) is 8.25. The zero-order chi connectivity index (χ0) is 29.8. The van der Waals surface area contributed by atoms with E-state index in [1.165, 1.54) is 69.9 Å². The third-order valence-corrected chi connectivity index (χ3v) is 13.8. The summed E-state index contributed by atoms with van der Waals surface area (Å²) in [5, 5.41) is 0. The lowest BCUT2D eigenvalue weighted by atomic mass is 9.44. The van der Waals surface area contributed by atoms with Crippen molar-refractivity contribution in [1.29, 1.82) is 0 Å². The highest BCUT2D eigenvalue weighted by Gasteiger charge is 2.65. The van der Waals surface area contributed by atoms with Crippen molar-refractivity contribution in [3.8, 4) is 0 Å². The topological polar surface area (TPSA) is 31.4 Å². The van der Waals surface area contributed by atoms with Gasteiger partial charge in [0.15, 0.2) is 0 Å². The van der Waals surface area contributed by atoms with E-state index in [0.29, 0.717) is 47.6 Å². The van der Waals surface area contributed by atoms with Crippen LogP contribution in [0.4, 0.5) is 4.39 Å². The Labute approximate surface area is 259 Å². The molecule has 1 aliphatic heterocycles. The number of hydrogen-bond donors (Lipinski definition) is 0. The van der Waals surface area contributed by atoms with Gasteiger partial charge in [0.05, 0.1) is 24.9 Å². The van der Waals surface area contributed by atoms with Crippen LogP contribution in [0.15, 0.2) is 48.7 Å². The Morgan fingerprint density at radius 1 is 0.977 bits per heavy atom. The summed E-state index contributed by atoms with van der Waals surface area (Å²) in [5.41, 5.74) is 3.19. The second-order valence-corrected chi connectivity index (χ2v) is 16.1. The summed E-state index contributed by atoms with van der Waals surface area (Å²) < 4.78 is 26.7. The maximum absolute atomic E-state index is 13.3. The Bertz CT molecular complexity index is 1240. The highest BCUT2D eigenvalue weighted by Crippen LogP contribution is 2.70. The molecule has 1 aromatic heterocycles. The Morgan fingerprint density at radius 3 is 2.58 bits per heavy atom. The molecule has 5 fully saturated rings. The van der Waals surface area contributed by atoms with E-state index >= 15 is 0 Å². The molecule has 0 spiro atoms. The van der Waals surface area contributed by atoms with Gasteiger partial charge in [-0.3, -0.25) is 4.98 Å². The minimum Gasteiger partial charge on any atom is -0.374 e. The number of benzene rings is 1. The van der Waals surface area contributed by atoms with Crippen LogP contribution in [0.3, 0.4) is 0 Å². The van der Waals surface area contributed by atoms with Crippen LogP contribution in [-0.4, -0.2) is 23.3 Å². The number of hydrogen-bond acceptors (Lipinski definition) is 3. The maximum atomic E-state index is 13.3. The van der Waals surface area contributed by atoms with E-state index in [-0.39, 0.29) is 5.82 Å². The lowest BCUT2D eigenvalue weighted by Gasteiger charge is -2.61. The van der Waals surface area contributed by atoms with Gasteiger partial charge in [0, 0.05) is 11.9 Å². The molecule has 4 heteroatoms. The molecule has 2 heterocycles. The molecule has 0 bridgehead atoms. The molecule has 4 aliphatic carbocycles. The van der Waals surface area contributed by atoms with Gasteiger partial charge in [-0.1, -0.05) is 45.9 Å². The van der Waals surface area contributed by atoms with E-state index in [0.717, 1.165) is 41.6 Å². The van der Waals surface area contributed by atoms with Crippen molar-refractivity contribution in [2.75, 3.05) is 0 Å². The summed E-state index contributed by atoms with van der Waals surface area (Å²) in [6, 6.07) is 13.1. The fourth-order valence-electron chi connectivity index (χ4n) is 11.6. The highest BCUT2D eigenvalue weighted by atomic mass is 19.1. The van der Waals surface area contributed by atoms with Gasteiger partial charge >= 0.3 is 0 Å². The van der Waals surface area contributed by atoms with Crippen molar-refractivity contribution >= 4 is 0 Å². The van der Waals surface area contributed by atoms with E-state index in [9.17, 15) is 4.39 Å². The average molecular weight is 588 g/mol. The first-order valence-electron chi connectivity index (χ1n) is 17.7. The zero-order valence-electron chi connectivity index (χ0n) is 27.0. The van der Waals surface area contributed by atoms with E-state index in [1.807, 2.05) is 24.4 Å². The van der Waals surface area contributed by atoms with Crippen LogP contribution in [0.1, 0.15) is 103 Å². The minimum absolute atomic E-state index is 0.175. The molecule has 12 atom stereocenters. The summed E-state index contributed by atoms with van der Waals surface area (Å²) in [6.45, 7) is 10.9. The summed E-state index contributed by atoms with van der Waals surface area (Å²) in [7, 11) is 0. The Balaban J connectivity index is 0.955. The van der Waals surface area contributed by atoms with Crippen LogP contribution >= 0.6 is 0 Å². The zero-order valence-corrected chi connectivity index (χ0v) is 27.0. The number of fused-ring (bicyclic) bond motifs is 7. The van der Waals surface area contributed by atoms with Crippen LogP contribution in [0, 0.1) is 58.1 Å². The fourth-order valence-corrected chi connectivity index (χ4v) is 11.6. The van der Waals surface area contributed by atoms with Gasteiger partial charge in [-0.25, -0.2) is 4.39 Å². The summed E-state index contributed by atoms with van der Waals surface area (Å²) in [5.74, 6) is 5.21. The molecule has 0 amide bonds. The number of nitrogens with zero attached hydrogens (tertiary/aromatic N) is 1. The monoisotopic (exact) mass is 587 g/mol. The molecule has 5 aliphatic rings. The van der Waals surface area contributed by atoms with Crippen LogP contribution < -0.4 is 0 Å². The number of ether oxygens (including phenoxy) is 2. The Hall–Kier alpha value is -1.78. The minimum atomic E-state index is -0.175. The Morgan fingerprint density at radius 2 is 1.79 bits per heavy atom. The van der Waals surface area contributed by atoms with Crippen molar-refractivity contribution in [1.82, 2.24) is 4.98 Å². The second-order valence-electron chi connectivity index (χ2n) is 16.1. The first-order chi connectivity index (χ1) is 20.7. The molecule has 43 heavy (non-hydrogen) atoms. The lowest BCUT2D eigenvalue weighted by Crippen LogP contribution is -2.54. The van der Waals surface area contributed by atoms with Crippen LogP contribution in [-0.2, 0) is 22.5 Å². The summed E-state index contributed by atoms with van der Waals surface area (Å²) >= 11 is 0. The molecule has 2 aromatic rings. The standard InChI is InChI=1S/C39H54FNO2/c1-25(21-30-7-5-6-20-41-30)8-15-35-26(2)37-36(43-35)23-34-32-14-11-28-22-31(42-24-27-9-12-29(40)13-10-27)16-18-38(28,3)33(32)17-19-39(34,37)4/h5-7,9-10,12-13,20,25-26,28,31-37H,8,11,14-19,21-24H2,1-4H3/t25-,26+,28+,31-,32+,33-,34-,35+,36-,37-,38-,39-/m0/s1. The molecule has 0 radical (unpaired) electrons. The predicted octanol–water partition coefficient (Wildman–Crippen LogP) is 9.44. The van der Waals surface area contributed by atoms with Gasteiger partial charge in [0.25, 0.3) is 0 Å². The van der Waals surface area contributed by atoms with Crippen LogP contribution in [0.5, 0.6) is 0 Å². The van der Waals surface area contributed by atoms with Gasteiger partial charge < -0.3 is 9.47 Å². The molecule has 1 saturated heterocycles. The molecule has 0 N–H and O–H groups in total. The third kappa shape index (κ3) is 5.51. The number of halogens is 1. The molecule has 0 unspecified atom stereocenters. The van der Waals surface area contributed by atoms with Crippen molar-refractivity contribution in [2.24, 2.45) is 52.3 Å². The highest BCUT2D eigenvalue weighted by molar-refractivity contribution is 5.16. The van der Waals surface area contributed by atoms with E-state index < -0.39 is 0 Å². The molecule has 4 saturated carbocycles. The second kappa shape index (κ2) is 11.9. The van der Waals surface area contributed by atoms with Gasteiger partial charge in [-0.2, -0.15) is 0 Å². The molecular weight excluding hydrogens is 533 g/mol. The van der Waals surface area contributed by atoms with Crippen LogP contribution in [0.2, 0.25) is 0 Å². The lowest BCUT2D eigenvalue weighted by molar-refractivity contribution is -0.139. The normalized spacial score (nSPS) is 42.5. The summed E-state index contributed by atoms with van der Waals surface area (Å²) in [4.78, 5) is 4.55. The third-order valence-electron chi connectivity index (χ3n) is 13.8. The molecule has 7 rings (SSSR count). The van der Waals surface area contributed by atoms with Crippen molar-refractivity contribution < 1.29 is 13.9 Å². The largest absolute Gasteiger partial charge is 0.374 e. The smallest absolute Gasteiger partial charge is 0.123 e. The first kappa shape index (κ1) is 29.9. The van der Waals surface area contributed by atoms with Crippen molar-refractivity contribution in [2.45, 2.75) is 123 Å². The number of pyridine rings is 1. The number of aromatic nitrogens is 1. The molecule has 234 valence electrons. The van der Waals surface area contributed by atoms with Crippen molar-refractivity contribution in [3.63, 3.8) is 0 Å².